The number of aryl methyl sites for hydroxylation is 1. The van der Waals surface area contributed by atoms with Crippen LogP contribution in [0, 0.1) is 18.7 Å². The summed E-state index contributed by atoms with van der Waals surface area (Å²) in [5.74, 6) is -4.52. The third-order valence-corrected chi connectivity index (χ3v) is 8.67. The number of Topliss-reactive ketones (excluding diaryl/α,β-unsaturated/α-hetero) is 2. The topological polar surface area (TPSA) is 128 Å². The van der Waals surface area contributed by atoms with E-state index in [1.807, 2.05) is 37.3 Å². The highest BCUT2D eigenvalue weighted by Gasteiger charge is 2.58. The third-order valence-electron chi connectivity index (χ3n) is 8.67. The van der Waals surface area contributed by atoms with E-state index >= 15 is 0 Å². The van der Waals surface area contributed by atoms with Gasteiger partial charge in [-0.1, -0.05) is 36.4 Å². The molecule has 1 aliphatic carbocycles. The van der Waals surface area contributed by atoms with Crippen LogP contribution in [-0.2, 0) is 33.0 Å². The SMILES string of the molecule is COc1cc(O)c2c(c1C(=O)NCc1c(C)cc(OCc3ccc(F)cc3)c3ccccc13)OC1=CC(=O)C(C(C)=O)C(=O)[C@]12C. The molecule has 6 rings (SSSR count). The predicted molar refractivity (Wildman–Crippen MR) is 165 cm³/mol. The Morgan fingerprint density at radius 3 is 2.41 bits per heavy atom. The molecule has 1 amide bonds. The van der Waals surface area contributed by atoms with Crippen molar-refractivity contribution >= 4 is 34.0 Å². The number of carbonyl (C=O) groups excluding carboxylic acids is 4. The Balaban J connectivity index is 1.33. The fourth-order valence-corrected chi connectivity index (χ4v) is 6.24. The lowest BCUT2D eigenvalue weighted by Crippen LogP contribution is -2.47. The first kappa shape index (κ1) is 30.5. The van der Waals surface area contributed by atoms with Gasteiger partial charge in [-0.05, 0) is 61.0 Å². The Labute approximate surface area is 263 Å². The van der Waals surface area contributed by atoms with Crippen molar-refractivity contribution in [2.24, 2.45) is 5.92 Å². The number of phenolic OH excluding ortho intramolecular Hbond substituents is 1. The molecule has 0 saturated heterocycles. The van der Waals surface area contributed by atoms with E-state index in [4.69, 9.17) is 14.2 Å². The number of ketones is 3. The smallest absolute Gasteiger partial charge is 0.259 e. The van der Waals surface area contributed by atoms with Gasteiger partial charge in [-0.25, -0.2) is 4.39 Å². The molecule has 9 nitrogen and oxygen atoms in total. The summed E-state index contributed by atoms with van der Waals surface area (Å²) < 4.78 is 30.9. The Kier molecular flexibility index (Phi) is 7.59. The number of rotatable bonds is 8. The van der Waals surface area contributed by atoms with Crippen LogP contribution in [0.5, 0.6) is 23.0 Å². The maximum absolute atomic E-state index is 13.9. The van der Waals surface area contributed by atoms with Gasteiger partial charge in [0.05, 0.1) is 12.7 Å². The number of phenols is 1. The average molecular weight is 624 g/mol. The Bertz CT molecular complexity index is 2000. The number of halogens is 1. The van der Waals surface area contributed by atoms with E-state index in [0.29, 0.717) is 5.75 Å². The molecular formula is C36H30FNO8. The van der Waals surface area contributed by atoms with Gasteiger partial charge in [-0.2, -0.15) is 0 Å². The molecular weight excluding hydrogens is 593 g/mol. The van der Waals surface area contributed by atoms with Gasteiger partial charge in [0.2, 0.25) is 0 Å². The molecule has 0 aromatic heterocycles. The second-order valence-electron chi connectivity index (χ2n) is 11.5. The van der Waals surface area contributed by atoms with Crippen LogP contribution in [-0.4, -0.2) is 35.5 Å². The number of benzene rings is 4. The molecule has 0 spiro atoms. The highest BCUT2D eigenvalue weighted by Crippen LogP contribution is 2.56. The minimum atomic E-state index is -1.67. The largest absolute Gasteiger partial charge is 0.507 e. The molecule has 0 bridgehead atoms. The van der Waals surface area contributed by atoms with Crippen LogP contribution in [0.2, 0.25) is 0 Å². The average Bonchev–Trinajstić information content (AvgIpc) is 3.33. The minimum absolute atomic E-state index is 0.00962. The molecule has 2 atom stereocenters. The van der Waals surface area contributed by atoms with E-state index in [0.717, 1.165) is 40.5 Å². The zero-order chi connectivity index (χ0) is 32.9. The lowest BCUT2D eigenvalue weighted by atomic mass is 9.67. The number of allylic oxidation sites excluding steroid dienone is 2. The van der Waals surface area contributed by atoms with Crippen molar-refractivity contribution in [3.8, 4) is 23.0 Å². The summed E-state index contributed by atoms with van der Waals surface area (Å²) in [6, 6.07) is 16.8. The first-order valence-corrected chi connectivity index (χ1v) is 14.5. The van der Waals surface area contributed by atoms with Crippen LogP contribution >= 0.6 is 0 Å². The highest BCUT2D eigenvalue weighted by molar-refractivity contribution is 6.27. The number of hydrogen-bond acceptors (Lipinski definition) is 8. The summed E-state index contributed by atoms with van der Waals surface area (Å²) in [7, 11) is 1.32. The fraction of sp³-hybridized carbons (Fsp3) is 0.222. The summed E-state index contributed by atoms with van der Waals surface area (Å²) in [5.41, 5.74) is 0.716. The molecule has 46 heavy (non-hydrogen) atoms. The monoisotopic (exact) mass is 623 g/mol. The maximum Gasteiger partial charge on any atom is 0.259 e. The van der Waals surface area contributed by atoms with Crippen LogP contribution in [0.15, 0.2) is 72.5 Å². The zero-order valence-electron chi connectivity index (χ0n) is 25.5. The molecule has 0 fully saturated rings. The molecule has 0 saturated carbocycles. The van der Waals surface area contributed by atoms with Gasteiger partial charge in [0.15, 0.2) is 17.3 Å². The molecule has 234 valence electrons. The molecule has 4 aromatic rings. The molecule has 1 unspecified atom stereocenters. The van der Waals surface area contributed by atoms with Crippen molar-refractivity contribution in [3.05, 3.63) is 106 Å². The van der Waals surface area contributed by atoms with Crippen molar-refractivity contribution in [1.29, 1.82) is 0 Å². The van der Waals surface area contributed by atoms with E-state index in [2.05, 4.69) is 5.32 Å². The molecule has 1 aliphatic heterocycles. The number of nitrogens with one attached hydrogen (secondary N) is 1. The summed E-state index contributed by atoms with van der Waals surface area (Å²) in [6.45, 7) is 4.83. The van der Waals surface area contributed by atoms with Crippen LogP contribution in [0.25, 0.3) is 10.8 Å². The first-order valence-electron chi connectivity index (χ1n) is 14.5. The summed E-state index contributed by atoms with van der Waals surface area (Å²) in [5, 5.41) is 15.6. The normalized spacial score (nSPS) is 18.4. The Hall–Kier alpha value is -5.51. The Morgan fingerprint density at radius 2 is 1.74 bits per heavy atom. The van der Waals surface area contributed by atoms with Crippen molar-refractivity contribution < 1.29 is 42.9 Å². The first-order chi connectivity index (χ1) is 21.9. The summed E-state index contributed by atoms with van der Waals surface area (Å²) >= 11 is 0. The number of ether oxygens (including phenoxy) is 3. The van der Waals surface area contributed by atoms with E-state index in [1.54, 1.807) is 12.1 Å². The zero-order valence-corrected chi connectivity index (χ0v) is 25.5. The minimum Gasteiger partial charge on any atom is -0.507 e. The fourth-order valence-electron chi connectivity index (χ4n) is 6.24. The maximum atomic E-state index is 13.9. The number of amides is 1. The van der Waals surface area contributed by atoms with Crippen LogP contribution in [0.3, 0.4) is 0 Å². The van der Waals surface area contributed by atoms with E-state index in [9.17, 15) is 28.7 Å². The number of hydrogen-bond donors (Lipinski definition) is 2. The number of fused-ring (bicyclic) bond motifs is 4. The molecule has 2 N–H and O–H groups in total. The van der Waals surface area contributed by atoms with Crippen LogP contribution < -0.4 is 19.5 Å². The lowest BCUT2D eigenvalue weighted by molar-refractivity contribution is -0.140. The number of aromatic hydroxyl groups is 1. The second-order valence-corrected chi connectivity index (χ2v) is 11.5. The molecule has 0 radical (unpaired) electrons. The molecule has 2 aliphatic rings. The summed E-state index contributed by atoms with van der Waals surface area (Å²) in [6.07, 6.45) is 1.08. The van der Waals surface area contributed by atoms with E-state index in [-0.39, 0.29) is 53.1 Å². The predicted octanol–water partition coefficient (Wildman–Crippen LogP) is 5.40. The van der Waals surface area contributed by atoms with E-state index < -0.39 is 34.6 Å². The standard InChI is InChI=1S/C36H30FNO8/c1-18-13-27(45-17-20-9-11-21(37)12-10-20)23-8-6-5-7-22(23)24(18)16-38-35(43)31-28(44-4)14-26(41)32-33(31)46-29-15-25(40)30(19(2)39)34(42)36(29,32)3/h5-15,30,41H,16-17H2,1-4H3,(H,38,43)/t30?,36-/m1/s1. The van der Waals surface area contributed by atoms with Crippen LogP contribution in [0.4, 0.5) is 4.39 Å². The van der Waals surface area contributed by atoms with Gasteiger partial charge in [0, 0.05) is 24.1 Å². The second kappa shape index (κ2) is 11.4. The highest BCUT2D eigenvalue weighted by atomic mass is 19.1. The summed E-state index contributed by atoms with van der Waals surface area (Å²) in [4.78, 5) is 52.3. The van der Waals surface area contributed by atoms with Crippen molar-refractivity contribution in [2.45, 2.75) is 39.3 Å². The number of methoxy groups -OCH3 is 1. The van der Waals surface area contributed by atoms with Gasteiger partial charge in [0.25, 0.3) is 5.91 Å². The van der Waals surface area contributed by atoms with Gasteiger partial charge in [0.1, 0.15) is 58.1 Å². The van der Waals surface area contributed by atoms with Gasteiger partial charge < -0.3 is 24.6 Å². The van der Waals surface area contributed by atoms with E-state index in [1.165, 1.54) is 32.2 Å². The van der Waals surface area contributed by atoms with Gasteiger partial charge >= 0.3 is 0 Å². The quantitative estimate of drug-likeness (QED) is 0.250. The number of carbonyl (C=O) groups is 4. The van der Waals surface area contributed by atoms with Crippen LogP contribution in [0.1, 0.15) is 46.5 Å². The molecule has 1 heterocycles. The van der Waals surface area contributed by atoms with Crippen molar-refractivity contribution in [1.82, 2.24) is 5.32 Å². The van der Waals surface area contributed by atoms with Gasteiger partial charge in [-0.3, -0.25) is 19.2 Å². The van der Waals surface area contributed by atoms with Crippen molar-refractivity contribution in [2.75, 3.05) is 7.11 Å². The van der Waals surface area contributed by atoms with Crippen molar-refractivity contribution in [3.63, 3.8) is 0 Å². The van der Waals surface area contributed by atoms with Gasteiger partial charge in [-0.15, -0.1) is 0 Å². The third kappa shape index (κ3) is 4.86. The Morgan fingerprint density at radius 1 is 1.04 bits per heavy atom. The molecule has 4 aromatic carbocycles. The lowest BCUT2D eigenvalue weighted by Gasteiger charge is -2.30. The molecule has 10 heteroatoms.